The summed E-state index contributed by atoms with van der Waals surface area (Å²) in [4.78, 5) is 26.6. The number of likely N-dealkylation sites (tertiary alicyclic amines) is 1. The number of aryl methyl sites for hydroxylation is 1. The molecule has 8 heteroatoms. The summed E-state index contributed by atoms with van der Waals surface area (Å²) in [5, 5.41) is 13.7. The Hall–Kier alpha value is -2.64. The number of hydrogen-bond acceptors (Lipinski definition) is 5. The first-order valence-corrected chi connectivity index (χ1v) is 8.69. The van der Waals surface area contributed by atoms with E-state index in [0.29, 0.717) is 49.1 Å². The summed E-state index contributed by atoms with van der Waals surface area (Å²) in [5.74, 6) is 1.38. The lowest BCUT2D eigenvalue weighted by atomic mass is 9.95. The van der Waals surface area contributed by atoms with Gasteiger partial charge in [-0.25, -0.2) is 0 Å². The van der Waals surface area contributed by atoms with Crippen molar-refractivity contribution in [3.63, 3.8) is 0 Å². The second-order valence-corrected chi connectivity index (χ2v) is 6.86. The Kier molecular flexibility index (Phi) is 4.03. The van der Waals surface area contributed by atoms with Gasteiger partial charge < -0.3 is 14.7 Å². The minimum atomic E-state index is -0.123. The molecule has 8 nitrogen and oxygen atoms in total. The Bertz CT molecular complexity index is 784. The molecule has 2 aromatic heterocycles. The maximum atomic E-state index is 12.5. The Balaban J connectivity index is 1.31. The molecule has 2 aromatic rings. The number of nitrogens with one attached hydrogen (secondary N) is 2. The highest BCUT2D eigenvalue weighted by molar-refractivity contribution is 5.94. The van der Waals surface area contributed by atoms with Gasteiger partial charge >= 0.3 is 0 Å². The number of carbonyl (C=O) groups is 2. The van der Waals surface area contributed by atoms with E-state index >= 15 is 0 Å². The Labute approximate surface area is 144 Å². The first kappa shape index (κ1) is 15.9. The number of aromatic amines is 1. The van der Waals surface area contributed by atoms with Gasteiger partial charge in [-0.2, -0.15) is 5.10 Å². The zero-order valence-corrected chi connectivity index (χ0v) is 14.1. The van der Waals surface area contributed by atoms with E-state index in [4.69, 9.17) is 4.52 Å². The third-order valence-electron chi connectivity index (χ3n) is 4.87. The standard InChI is InChI=1S/C17H21N5O3/c1-10-8-15(21-25-10)18-16(23)12-4-6-22(7-5-12)17(24)14-9-13(19-20-14)11-2-3-11/h8-9,11-12H,2-7H2,1H3,(H,19,20)(H,18,21,23). The largest absolute Gasteiger partial charge is 0.360 e. The van der Waals surface area contributed by atoms with Crippen molar-refractivity contribution in [1.82, 2.24) is 20.3 Å². The fraction of sp³-hybridized carbons (Fsp3) is 0.529. The summed E-state index contributed by atoms with van der Waals surface area (Å²) in [6, 6.07) is 3.55. The molecule has 0 unspecified atom stereocenters. The number of anilines is 1. The van der Waals surface area contributed by atoms with Crippen LogP contribution in [0.25, 0.3) is 0 Å². The second-order valence-electron chi connectivity index (χ2n) is 6.86. The number of carbonyl (C=O) groups excluding carboxylic acids is 2. The molecular weight excluding hydrogens is 322 g/mol. The maximum Gasteiger partial charge on any atom is 0.274 e. The van der Waals surface area contributed by atoms with Gasteiger partial charge in [-0.05, 0) is 38.7 Å². The topological polar surface area (TPSA) is 104 Å². The van der Waals surface area contributed by atoms with Crippen LogP contribution in [0.2, 0.25) is 0 Å². The number of hydrogen-bond donors (Lipinski definition) is 2. The maximum absolute atomic E-state index is 12.5. The minimum absolute atomic E-state index is 0.0610. The van der Waals surface area contributed by atoms with E-state index in [0.717, 1.165) is 5.69 Å². The lowest BCUT2D eigenvalue weighted by Crippen LogP contribution is -2.41. The van der Waals surface area contributed by atoms with Crippen LogP contribution in [-0.4, -0.2) is 45.2 Å². The molecule has 4 rings (SSSR count). The van der Waals surface area contributed by atoms with Crippen molar-refractivity contribution in [3.8, 4) is 0 Å². The monoisotopic (exact) mass is 343 g/mol. The van der Waals surface area contributed by atoms with E-state index in [1.165, 1.54) is 12.8 Å². The van der Waals surface area contributed by atoms with Crippen molar-refractivity contribution in [2.75, 3.05) is 18.4 Å². The first-order chi connectivity index (χ1) is 12.1. The molecule has 2 N–H and O–H groups in total. The van der Waals surface area contributed by atoms with Crippen molar-refractivity contribution >= 4 is 17.6 Å². The van der Waals surface area contributed by atoms with Crippen molar-refractivity contribution in [2.45, 2.75) is 38.5 Å². The molecule has 3 heterocycles. The summed E-state index contributed by atoms with van der Waals surface area (Å²) in [6.07, 6.45) is 3.60. The molecule has 0 spiro atoms. The summed E-state index contributed by atoms with van der Waals surface area (Å²) >= 11 is 0. The highest BCUT2D eigenvalue weighted by atomic mass is 16.5. The number of rotatable bonds is 4. The number of nitrogens with zero attached hydrogens (tertiary/aromatic N) is 3. The number of piperidine rings is 1. The highest BCUT2D eigenvalue weighted by Gasteiger charge is 2.31. The van der Waals surface area contributed by atoms with Gasteiger partial charge in [-0.3, -0.25) is 14.7 Å². The van der Waals surface area contributed by atoms with E-state index in [9.17, 15) is 9.59 Å². The van der Waals surface area contributed by atoms with Gasteiger partial charge in [0.25, 0.3) is 5.91 Å². The third-order valence-corrected chi connectivity index (χ3v) is 4.87. The van der Waals surface area contributed by atoms with E-state index in [1.54, 1.807) is 17.9 Å². The molecular formula is C17H21N5O3. The number of amides is 2. The van der Waals surface area contributed by atoms with Crippen molar-refractivity contribution in [3.05, 3.63) is 29.3 Å². The summed E-state index contributed by atoms with van der Waals surface area (Å²) in [5.41, 5.74) is 1.53. The van der Waals surface area contributed by atoms with E-state index < -0.39 is 0 Å². The minimum Gasteiger partial charge on any atom is -0.360 e. The zero-order valence-electron chi connectivity index (χ0n) is 14.1. The van der Waals surface area contributed by atoms with Crippen LogP contribution in [0.15, 0.2) is 16.7 Å². The first-order valence-electron chi connectivity index (χ1n) is 8.69. The molecule has 2 fully saturated rings. The average molecular weight is 343 g/mol. The van der Waals surface area contributed by atoms with Crippen LogP contribution in [0.5, 0.6) is 0 Å². The van der Waals surface area contributed by atoms with Crippen LogP contribution in [0, 0.1) is 12.8 Å². The molecule has 25 heavy (non-hydrogen) atoms. The molecule has 132 valence electrons. The normalized spacial score (nSPS) is 18.4. The predicted molar refractivity (Wildman–Crippen MR) is 89.1 cm³/mol. The Morgan fingerprint density at radius 1 is 1.24 bits per heavy atom. The van der Waals surface area contributed by atoms with Gasteiger partial charge in [-0.15, -0.1) is 0 Å². The molecule has 1 saturated heterocycles. The molecule has 0 aromatic carbocycles. The lowest BCUT2D eigenvalue weighted by molar-refractivity contribution is -0.121. The Morgan fingerprint density at radius 2 is 2.00 bits per heavy atom. The van der Waals surface area contributed by atoms with Gasteiger partial charge in [0.05, 0.1) is 0 Å². The van der Waals surface area contributed by atoms with Crippen molar-refractivity contribution < 1.29 is 14.1 Å². The van der Waals surface area contributed by atoms with Crippen LogP contribution in [0.4, 0.5) is 5.82 Å². The molecule has 0 bridgehead atoms. The van der Waals surface area contributed by atoms with Gasteiger partial charge in [0, 0.05) is 36.7 Å². The van der Waals surface area contributed by atoms with E-state index in [2.05, 4.69) is 20.7 Å². The van der Waals surface area contributed by atoms with Crippen LogP contribution < -0.4 is 5.32 Å². The van der Waals surface area contributed by atoms with Crippen LogP contribution in [0.1, 0.15) is 53.5 Å². The van der Waals surface area contributed by atoms with Crippen LogP contribution >= 0.6 is 0 Å². The summed E-state index contributed by atoms with van der Waals surface area (Å²) in [7, 11) is 0. The number of aromatic nitrogens is 3. The van der Waals surface area contributed by atoms with E-state index in [1.807, 2.05) is 6.07 Å². The third kappa shape index (κ3) is 3.42. The molecule has 0 atom stereocenters. The van der Waals surface area contributed by atoms with Gasteiger partial charge in [-0.1, -0.05) is 5.16 Å². The van der Waals surface area contributed by atoms with Crippen molar-refractivity contribution in [2.24, 2.45) is 5.92 Å². The molecule has 1 aliphatic heterocycles. The smallest absolute Gasteiger partial charge is 0.274 e. The van der Waals surface area contributed by atoms with Crippen molar-refractivity contribution in [1.29, 1.82) is 0 Å². The molecule has 0 radical (unpaired) electrons. The lowest BCUT2D eigenvalue weighted by Gasteiger charge is -2.30. The summed E-state index contributed by atoms with van der Waals surface area (Å²) < 4.78 is 4.95. The Morgan fingerprint density at radius 3 is 2.64 bits per heavy atom. The predicted octanol–water partition coefficient (Wildman–Crippen LogP) is 2.07. The number of H-pyrrole nitrogens is 1. The average Bonchev–Trinajstić information content (AvgIpc) is 3.21. The van der Waals surface area contributed by atoms with Gasteiger partial charge in [0.1, 0.15) is 11.5 Å². The van der Waals surface area contributed by atoms with Crippen LogP contribution in [0.3, 0.4) is 0 Å². The summed E-state index contributed by atoms with van der Waals surface area (Å²) in [6.45, 7) is 2.89. The van der Waals surface area contributed by atoms with Gasteiger partial charge in [0.15, 0.2) is 5.82 Å². The fourth-order valence-corrected chi connectivity index (χ4v) is 3.21. The molecule has 2 amide bonds. The zero-order chi connectivity index (χ0) is 17.4. The SMILES string of the molecule is Cc1cc(NC(=O)C2CCN(C(=O)c3cc(C4CC4)[nH]n3)CC2)no1. The molecule has 1 aliphatic carbocycles. The second kappa shape index (κ2) is 6.34. The van der Waals surface area contributed by atoms with Gasteiger partial charge in [0.2, 0.25) is 5.91 Å². The molecule has 2 aliphatic rings. The van der Waals surface area contributed by atoms with E-state index in [-0.39, 0.29) is 17.7 Å². The van der Waals surface area contributed by atoms with Crippen LogP contribution in [-0.2, 0) is 4.79 Å². The molecule has 1 saturated carbocycles. The highest BCUT2D eigenvalue weighted by Crippen LogP contribution is 2.39. The fourth-order valence-electron chi connectivity index (χ4n) is 3.21. The quantitative estimate of drug-likeness (QED) is 0.884.